The summed E-state index contributed by atoms with van der Waals surface area (Å²) in [5.41, 5.74) is -0.155. The molecule has 110 valence electrons. The van der Waals surface area contributed by atoms with E-state index in [1.165, 1.54) is 16.7 Å². The molecule has 0 aliphatic carbocycles. The standard InChI is InChI=1S/C13H19N3O4/c1-9-7-10(15(2)14-9)11(17)16-6-4-5-13(16,8-20-3)12(18)19/h7H,4-6,8H2,1-3H3,(H,18,19). The smallest absolute Gasteiger partial charge is 0.332 e. The Morgan fingerprint density at radius 3 is 2.75 bits per heavy atom. The molecular formula is C13H19N3O4. The lowest BCUT2D eigenvalue weighted by molar-refractivity contribution is -0.151. The molecule has 1 aromatic rings. The van der Waals surface area contributed by atoms with Crippen molar-refractivity contribution in [1.82, 2.24) is 14.7 Å². The number of nitrogens with zero attached hydrogens (tertiary/aromatic N) is 3. The van der Waals surface area contributed by atoms with Gasteiger partial charge in [0.15, 0.2) is 5.54 Å². The van der Waals surface area contributed by atoms with E-state index in [0.29, 0.717) is 25.1 Å². The van der Waals surface area contributed by atoms with Crippen molar-refractivity contribution in [3.8, 4) is 0 Å². The first-order valence-electron chi connectivity index (χ1n) is 6.47. The summed E-state index contributed by atoms with van der Waals surface area (Å²) < 4.78 is 6.53. The van der Waals surface area contributed by atoms with Crippen molar-refractivity contribution in [3.63, 3.8) is 0 Å². The first-order valence-corrected chi connectivity index (χ1v) is 6.47. The third-order valence-corrected chi connectivity index (χ3v) is 3.74. The number of carboxylic acids is 1. The van der Waals surface area contributed by atoms with Gasteiger partial charge in [-0.3, -0.25) is 9.48 Å². The van der Waals surface area contributed by atoms with Crippen molar-refractivity contribution in [2.75, 3.05) is 20.3 Å². The van der Waals surface area contributed by atoms with Crippen molar-refractivity contribution in [2.24, 2.45) is 7.05 Å². The highest BCUT2D eigenvalue weighted by atomic mass is 16.5. The van der Waals surface area contributed by atoms with E-state index in [9.17, 15) is 14.7 Å². The van der Waals surface area contributed by atoms with Crippen LogP contribution in [0.15, 0.2) is 6.07 Å². The number of carbonyl (C=O) groups excluding carboxylic acids is 1. The molecule has 1 aliphatic rings. The predicted octanol–water partition coefficient (Wildman–Crippen LogP) is 0.434. The normalized spacial score (nSPS) is 22.2. The molecule has 1 N–H and O–H groups in total. The predicted molar refractivity (Wildman–Crippen MR) is 70.5 cm³/mol. The lowest BCUT2D eigenvalue weighted by atomic mass is 9.97. The number of aryl methyl sites for hydroxylation is 2. The molecule has 1 aliphatic heterocycles. The van der Waals surface area contributed by atoms with Gasteiger partial charge in [-0.1, -0.05) is 0 Å². The van der Waals surface area contributed by atoms with Crippen LogP contribution in [0.3, 0.4) is 0 Å². The maximum absolute atomic E-state index is 12.6. The number of hydrogen-bond donors (Lipinski definition) is 1. The molecule has 1 aromatic heterocycles. The van der Waals surface area contributed by atoms with E-state index in [1.807, 2.05) is 0 Å². The molecule has 0 radical (unpaired) electrons. The average Bonchev–Trinajstić information content (AvgIpc) is 2.93. The molecule has 1 unspecified atom stereocenters. The van der Waals surface area contributed by atoms with Gasteiger partial charge in [-0.2, -0.15) is 5.10 Å². The zero-order chi connectivity index (χ0) is 14.9. The number of carboxylic acid groups (broad SMARTS) is 1. The topological polar surface area (TPSA) is 84.7 Å². The first kappa shape index (κ1) is 14.5. The molecule has 1 saturated heterocycles. The van der Waals surface area contributed by atoms with E-state index in [2.05, 4.69) is 5.10 Å². The third kappa shape index (κ3) is 2.18. The fourth-order valence-corrected chi connectivity index (χ4v) is 2.80. The van der Waals surface area contributed by atoms with Crippen LogP contribution in [0.5, 0.6) is 0 Å². The number of aromatic nitrogens is 2. The van der Waals surface area contributed by atoms with Crippen LogP contribution in [-0.2, 0) is 16.6 Å². The SMILES string of the molecule is COCC1(C(=O)O)CCCN1C(=O)c1cc(C)nn1C. The van der Waals surface area contributed by atoms with Crippen LogP contribution in [0.1, 0.15) is 29.0 Å². The summed E-state index contributed by atoms with van der Waals surface area (Å²) in [5, 5.41) is 13.7. The molecule has 2 rings (SSSR count). The summed E-state index contributed by atoms with van der Waals surface area (Å²) in [7, 11) is 3.12. The van der Waals surface area contributed by atoms with Gasteiger partial charge in [0, 0.05) is 20.7 Å². The number of hydrogen-bond acceptors (Lipinski definition) is 4. The van der Waals surface area contributed by atoms with Crippen molar-refractivity contribution in [3.05, 3.63) is 17.5 Å². The number of rotatable bonds is 4. The Kier molecular flexibility index (Phi) is 3.80. The Hall–Kier alpha value is -1.89. The van der Waals surface area contributed by atoms with Crippen LogP contribution in [0.25, 0.3) is 0 Å². The Bertz CT molecular complexity index is 540. The van der Waals surface area contributed by atoms with Gasteiger partial charge in [0.25, 0.3) is 5.91 Å². The Morgan fingerprint density at radius 2 is 2.25 bits per heavy atom. The number of amides is 1. The lowest BCUT2D eigenvalue weighted by Crippen LogP contribution is -2.56. The minimum atomic E-state index is -1.27. The van der Waals surface area contributed by atoms with E-state index >= 15 is 0 Å². The number of likely N-dealkylation sites (tertiary alicyclic amines) is 1. The second kappa shape index (κ2) is 5.24. The van der Waals surface area contributed by atoms with Crippen molar-refractivity contribution in [1.29, 1.82) is 0 Å². The van der Waals surface area contributed by atoms with Gasteiger partial charge in [-0.15, -0.1) is 0 Å². The van der Waals surface area contributed by atoms with Gasteiger partial charge in [-0.25, -0.2) is 4.79 Å². The molecule has 0 aromatic carbocycles. The summed E-state index contributed by atoms with van der Waals surface area (Å²) in [6.07, 6.45) is 1.05. The molecule has 7 heteroatoms. The molecule has 1 amide bonds. The summed E-state index contributed by atoms with van der Waals surface area (Å²) >= 11 is 0. The molecule has 1 atom stereocenters. The summed E-state index contributed by atoms with van der Waals surface area (Å²) in [4.78, 5) is 25.7. The Balaban J connectivity index is 2.37. The zero-order valence-corrected chi connectivity index (χ0v) is 11.9. The van der Waals surface area contributed by atoms with E-state index in [1.54, 1.807) is 20.0 Å². The molecular weight excluding hydrogens is 262 g/mol. The monoisotopic (exact) mass is 281 g/mol. The minimum Gasteiger partial charge on any atom is -0.479 e. The highest BCUT2D eigenvalue weighted by molar-refractivity contribution is 5.97. The molecule has 7 nitrogen and oxygen atoms in total. The zero-order valence-electron chi connectivity index (χ0n) is 11.9. The van der Waals surface area contributed by atoms with Gasteiger partial charge in [0.05, 0.1) is 12.3 Å². The molecule has 20 heavy (non-hydrogen) atoms. The van der Waals surface area contributed by atoms with E-state index < -0.39 is 11.5 Å². The third-order valence-electron chi connectivity index (χ3n) is 3.74. The van der Waals surface area contributed by atoms with Crippen LogP contribution < -0.4 is 0 Å². The largest absolute Gasteiger partial charge is 0.479 e. The summed E-state index contributed by atoms with van der Waals surface area (Å²) in [6, 6.07) is 1.67. The number of aliphatic carboxylic acids is 1. The van der Waals surface area contributed by atoms with E-state index in [-0.39, 0.29) is 12.5 Å². The van der Waals surface area contributed by atoms with Crippen LogP contribution in [0.2, 0.25) is 0 Å². The van der Waals surface area contributed by atoms with Crippen LogP contribution >= 0.6 is 0 Å². The van der Waals surface area contributed by atoms with Gasteiger partial charge < -0.3 is 14.7 Å². The minimum absolute atomic E-state index is 0.00902. The number of ether oxygens (including phenoxy) is 1. The first-order chi connectivity index (χ1) is 9.42. The van der Waals surface area contributed by atoms with Crippen LogP contribution in [-0.4, -0.2) is 57.5 Å². The van der Waals surface area contributed by atoms with Gasteiger partial charge in [0.1, 0.15) is 5.69 Å². The molecule has 1 fully saturated rings. The fraction of sp³-hybridized carbons (Fsp3) is 0.615. The van der Waals surface area contributed by atoms with Crippen molar-refractivity contribution >= 4 is 11.9 Å². The molecule has 0 spiro atoms. The Morgan fingerprint density at radius 1 is 1.55 bits per heavy atom. The maximum Gasteiger partial charge on any atom is 0.332 e. The Labute approximate surface area is 117 Å². The van der Waals surface area contributed by atoms with E-state index in [0.717, 1.165) is 5.69 Å². The quantitative estimate of drug-likeness (QED) is 0.865. The summed E-state index contributed by atoms with van der Waals surface area (Å²) in [5.74, 6) is -1.34. The molecule has 2 heterocycles. The highest BCUT2D eigenvalue weighted by Crippen LogP contribution is 2.31. The highest BCUT2D eigenvalue weighted by Gasteiger charge is 2.50. The average molecular weight is 281 g/mol. The lowest BCUT2D eigenvalue weighted by Gasteiger charge is -2.33. The van der Waals surface area contributed by atoms with E-state index in [4.69, 9.17) is 4.74 Å². The molecule has 0 bridgehead atoms. The number of carbonyl (C=O) groups is 2. The second-order valence-corrected chi connectivity index (χ2v) is 5.12. The van der Waals surface area contributed by atoms with Crippen LogP contribution in [0, 0.1) is 6.92 Å². The second-order valence-electron chi connectivity index (χ2n) is 5.12. The van der Waals surface area contributed by atoms with Crippen LogP contribution in [0.4, 0.5) is 0 Å². The van der Waals surface area contributed by atoms with Crippen molar-refractivity contribution in [2.45, 2.75) is 25.3 Å². The maximum atomic E-state index is 12.6. The number of methoxy groups -OCH3 is 1. The van der Waals surface area contributed by atoms with Crippen molar-refractivity contribution < 1.29 is 19.4 Å². The van der Waals surface area contributed by atoms with Gasteiger partial charge in [0.2, 0.25) is 0 Å². The molecule has 0 saturated carbocycles. The summed E-state index contributed by atoms with van der Waals surface area (Å²) in [6.45, 7) is 2.20. The van der Waals surface area contributed by atoms with Gasteiger partial charge in [-0.05, 0) is 25.8 Å². The fourth-order valence-electron chi connectivity index (χ4n) is 2.80. The van der Waals surface area contributed by atoms with Gasteiger partial charge >= 0.3 is 5.97 Å².